The van der Waals surface area contributed by atoms with Crippen molar-refractivity contribution in [1.29, 1.82) is 0 Å². The molecule has 0 bridgehead atoms. The molecule has 8 heteroatoms. The van der Waals surface area contributed by atoms with Crippen molar-refractivity contribution in [2.24, 2.45) is 10.7 Å². The molecular weight excluding hydrogens is 469 g/mol. The van der Waals surface area contributed by atoms with E-state index in [4.69, 9.17) is 22.3 Å². The van der Waals surface area contributed by atoms with Crippen molar-refractivity contribution in [1.82, 2.24) is 15.3 Å². The summed E-state index contributed by atoms with van der Waals surface area (Å²) in [7, 11) is 0. The van der Waals surface area contributed by atoms with Gasteiger partial charge in [0.2, 0.25) is 0 Å². The number of amidine groups is 1. The Morgan fingerprint density at radius 2 is 1.68 bits per heavy atom. The van der Waals surface area contributed by atoms with E-state index in [2.05, 4.69) is 15.3 Å². The Morgan fingerprint density at radius 3 is 2.38 bits per heavy atom. The van der Waals surface area contributed by atoms with Gasteiger partial charge in [0.1, 0.15) is 11.7 Å². The maximum Gasteiger partial charge on any atom is 0.251 e. The molecule has 1 amide bonds. The lowest BCUT2D eigenvalue weighted by molar-refractivity contribution is 0.0932. The van der Waals surface area contributed by atoms with Crippen LogP contribution in [0.3, 0.4) is 0 Å². The van der Waals surface area contributed by atoms with Gasteiger partial charge in [-0.3, -0.25) is 9.79 Å². The highest BCUT2D eigenvalue weighted by molar-refractivity contribution is 6.27. The number of benzene rings is 3. The zero-order valence-corrected chi connectivity index (χ0v) is 20.1. The maximum absolute atomic E-state index is 13.1. The van der Waals surface area contributed by atoms with E-state index in [1.165, 1.54) is 0 Å². The third-order valence-corrected chi connectivity index (χ3v) is 5.67. The number of nitrogens with zero attached hydrogens (tertiary/aromatic N) is 2. The molecule has 0 aliphatic carbocycles. The SMILES string of the molecule is Cl.NC(CCl)=NCCC[C@H](NC(=O)c1ccc(-c2ccccc2)cc1)c1nc2ccccc2[nH]1. The molecule has 6 nitrogen and oxygen atoms in total. The van der Waals surface area contributed by atoms with Gasteiger partial charge in [-0.1, -0.05) is 54.6 Å². The number of H-pyrrole nitrogens is 1. The number of carbonyl (C=O) groups excluding carboxylic acids is 1. The number of rotatable bonds is 9. The summed E-state index contributed by atoms with van der Waals surface area (Å²) in [5.74, 6) is 1.20. The van der Waals surface area contributed by atoms with Crippen LogP contribution in [0.25, 0.3) is 22.2 Å². The maximum atomic E-state index is 13.1. The molecule has 34 heavy (non-hydrogen) atoms. The summed E-state index contributed by atoms with van der Waals surface area (Å²) in [6, 6.07) is 25.2. The van der Waals surface area contributed by atoms with E-state index in [1.807, 2.05) is 78.9 Å². The smallest absolute Gasteiger partial charge is 0.251 e. The highest BCUT2D eigenvalue weighted by Gasteiger charge is 2.19. The minimum Gasteiger partial charge on any atom is -0.386 e. The molecule has 0 saturated heterocycles. The van der Waals surface area contributed by atoms with Gasteiger partial charge in [-0.15, -0.1) is 24.0 Å². The molecule has 1 heterocycles. The number of nitrogens with two attached hydrogens (primary N) is 1. The molecule has 4 aromatic rings. The van der Waals surface area contributed by atoms with Gasteiger partial charge in [0.25, 0.3) is 5.91 Å². The molecule has 4 rings (SSSR count). The molecule has 3 aromatic carbocycles. The van der Waals surface area contributed by atoms with E-state index in [-0.39, 0.29) is 30.2 Å². The summed E-state index contributed by atoms with van der Waals surface area (Å²) in [4.78, 5) is 25.3. The number of imidazole rings is 1. The fraction of sp³-hybridized carbons (Fsp3) is 0.192. The van der Waals surface area contributed by atoms with Crippen LogP contribution in [0.5, 0.6) is 0 Å². The van der Waals surface area contributed by atoms with E-state index in [0.29, 0.717) is 24.4 Å². The van der Waals surface area contributed by atoms with E-state index in [9.17, 15) is 4.79 Å². The van der Waals surface area contributed by atoms with E-state index < -0.39 is 0 Å². The first-order valence-corrected chi connectivity index (χ1v) is 11.4. The third kappa shape index (κ3) is 6.37. The van der Waals surface area contributed by atoms with Crippen molar-refractivity contribution in [3.8, 4) is 11.1 Å². The molecular formula is C26H27Cl2N5O. The van der Waals surface area contributed by atoms with Gasteiger partial charge in [0.05, 0.1) is 23.0 Å². The number of fused-ring (bicyclic) bond motifs is 1. The van der Waals surface area contributed by atoms with Gasteiger partial charge in [0.15, 0.2) is 0 Å². The monoisotopic (exact) mass is 495 g/mol. The number of para-hydroxylation sites is 2. The van der Waals surface area contributed by atoms with Crippen LogP contribution in [-0.2, 0) is 0 Å². The van der Waals surface area contributed by atoms with Crippen LogP contribution < -0.4 is 11.1 Å². The Morgan fingerprint density at radius 1 is 1.00 bits per heavy atom. The molecule has 176 valence electrons. The molecule has 0 radical (unpaired) electrons. The van der Waals surface area contributed by atoms with Crippen molar-refractivity contribution >= 4 is 46.8 Å². The fourth-order valence-corrected chi connectivity index (χ4v) is 3.75. The minimum atomic E-state index is -0.286. The molecule has 0 saturated carbocycles. The summed E-state index contributed by atoms with van der Waals surface area (Å²) in [6.07, 6.45) is 1.39. The number of halogens is 2. The number of nitrogens with one attached hydrogen (secondary N) is 2. The molecule has 4 N–H and O–H groups in total. The number of carbonyl (C=O) groups is 1. The van der Waals surface area contributed by atoms with E-state index in [1.54, 1.807) is 0 Å². The van der Waals surface area contributed by atoms with Crippen LogP contribution in [0, 0.1) is 0 Å². The molecule has 1 atom stereocenters. The zero-order valence-electron chi connectivity index (χ0n) is 18.6. The van der Waals surface area contributed by atoms with Gasteiger partial charge < -0.3 is 16.0 Å². The van der Waals surface area contributed by atoms with Gasteiger partial charge in [-0.05, 0) is 48.2 Å². The summed E-state index contributed by atoms with van der Waals surface area (Å²) < 4.78 is 0. The highest BCUT2D eigenvalue weighted by atomic mass is 35.5. The predicted molar refractivity (Wildman–Crippen MR) is 142 cm³/mol. The third-order valence-electron chi connectivity index (χ3n) is 5.40. The Hall–Kier alpha value is -3.35. The highest BCUT2D eigenvalue weighted by Crippen LogP contribution is 2.22. The van der Waals surface area contributed by atoms with Crippen LogP contribution in [-0.4, -0.2) is 34.1 Å². The molecule has 0 aliphatic rings. The first-order valence-electron chi connectivity index (χ1n) is 10.9. The Labute approximate surface area is 210 Å². The average Bonchev–Trinajstić information content (AvgIpc) is 3.30. The number of aromatic amines is 1. The number of hydrogen-bond acceptors (Lipinski definition) is 3. The molecule has 0 fully saturated rings. The van der Waals surface area contributed by atoms with Crippen LogP contribution in [0.1, 0.15) is 35.1 Å². The summed E-state index contributed by atoms with van der Waals surface area (Å²) in [5.41, 5.74) is 10.3. The lowest BCUT2D eigenvalue weighted by atomic mass is 10.0. The summed E-state index contributed by atoms with van der Waals surface area (Å²) in [6.45, 7) is 0.539. The topological polar surface area (TPSA) is 96.2 Å². The average molecular weight is 496 g/mol. The van der Waals surface area contributed by atoms with Crippen LogP contribution >= 0.6 is 24.0 Å². The van der Waals surface area contributed by atoms with Crippen LogP contribution in [0.2, 0.25) is 0 Å². The second kappa shape index (κ2) is 12.2. The van der Waals surface area contributed by atoms with Crippen molar-refractivity contribution in [2.75, 3.05) is 12.4 Å². The van der Waals surface area contributed by atoms with Crippen LogP contribution in [0.4, 0.5) is 0 Å². The summed E-state index contributed by atoms with van der Waals surface area (Å²) >= 11 is 5.69. The number of hydrogen-bond donors (Lipinski definition) is 3. The van der Waals surface area contributed by atoms with Gasteiger partial charge in [0, 0.05) is 12.1 Å². The first kappa shape index (κ1) is 25.3. The standard InChI is InChI=1S/C26H26ClN5O.ClH/c27-17-24(28)29-16-6-11-23(25-30-21-9-4-5-10-22(21)31-25)32-26(33)20-14-12-19(13-15-20)18-7-2-1-3-8-18;/h1-5,7-10,12-15,23H,6,11,16-17H2,(H2,28,29)(H,30,31)(H,32,33);1H/t23-;/m0./s1. The second-order valence-corrected chi connectivity index (χ2v) is 8.02. The van der Waals surface area contributed by atoms with Crippen molar-refractivity contribution < 1.29 is 4.79 Å². The Kier molecular flexibility index (Phi) is 9.08. The quantitative estimate of drug-likeness (QED) is 0.124. The number of alkyl halides is 1. The minimum absolute atomic E-state index is 0. The Bertz CT molecular complexity index is 1210. The zero-order chi connectivity index (χ0) is 23.0. The summed E-state index contributed by atoms with van der Waals surface area (Å²) in [5, 5.41) is 3.13. The van der Waals surface area contributed by atoms with Gasteiger partial charge >= 0.3 is 0 Å². The van der Waals surface area contributed by atoms with Gasteiger partial charge in [-0.25, -0.2) is 4.98 Å². The van der Waals surface area contributed by atoms with Crippen molar-refractivity contribution in [2.45, 2.75) is 18.9 Å². The lowest BCUT2D eigenvalue weighted by Crippen LogP contribution is -2.29. The molecule has 0 spiro atoms. The molecule has 0 unspecified atom stereocenters. The van der Waals surface area contributed by atoms with E-state index in [0.717, 1.165) is 34.4 Å². The number of amides is 1. The fourth-order valence-electron chi connectivity index (χ4n) is 3.66. The predicted octanol–water partition coefficient (Wildman–Crippen LogP) is 5.50. The second-order valence-electron chi connectivity index (χ2n) is 7.76. The Balaban J connectivity index is 0.00000324. The largest absolute Gasteiger partial charge is 0.386 e. The van der Waals surface area contributed by atoms with Crippen LogP contribution in [0.15, 0.2) is 83.9 Å². The normalized spacial score (nSPS) is 12.2. The van der Waals surface area contributed by atoms with E-state index >= 15 is 0 Å². The lowest BCUT2D eigenvalue weighted by Gasteiger charge is -2.17. The first-order chi connectivity index (χ1) is 16.1. The van der Waals surface area contributed by atoms with Crippen molar-refractivity contribution in [3.63, 3.8) is 0 Å². The van der Waals surface area contributed by atoms with Gasteiger partial charge in [-0.2, -0.15) is 0 Å². The number of aliphatic imine (C=N–C) groups is 1. The molecule has 1 aromatic heterocycles. The number of aromatic nitrogens is 2. The molecule has 0 aliphatic heterocycles. The van der Waals surface area contributed by atoms with Crippen molar-refractivity contribution in [3.05, 3.63) is 90.3 Å².